The molecule has 1 aromatic heterocycles. The summed E-state index contributed by atoms with van der Waals surface area (Å²) in [5, 5.41) is 20.2. The number of hydrogen-bond acceptors (Lipinski definition) is 4. The van der Waals surface area contributed by atoms with Crippen molar-refractivity contribution in [3.05, 3.63) is 16.5 Å². The molecule has 3 N–H and O–H groups in total. The second-order valence-corrected chi connectivity index (χ2v) is 5.57. The molecule has 0 aromatic carbocycles. The predicted octanol–water partition coefficient (Wildman–Crippen LogP) is 1.67. The number of fused-ring (bicyclic) bond motifs is 1. The predicted molar refractivity (Wildman–Crippen MR) is 68.5 cm³/mol. The molecule has 1 amide bonds. The molecular formula is C12H13NO5S. The van der Waals surface area contributed by atoms with Crippen LogP contribution in [0.1, 0.15) is 35.6 Å². The van der Waals surface area contributed by atoms with Crippen LogP contribution in [-0.4, -0.2) is 28.1 Å². The molecule has 0 aliphatic heterocycles. The van der Waals surface area contributed by atoms with Gasteiger partial charge in [0, 0.05) is 4.88 Å². The molecule has 102 valence electrons. The number of hydrogen-bond donors (Lipinski definition) is 3. The van der Waals surface area contributed by atoms with Gasteiger partial charge in [0.2, 0.25) is 0 Å². The van der Waals surface area contributed by atoms with Crippen LogP contribution < -0.4 is 5.32 Å². The van der Waals surface area contributed by atoms with E-state index in [1.54, 1.807) is 6.07 Å². The average Bonchev–Trinajstić information content (AvgIpc) is 2.71. The van der Waals surface area contributed by atoms with E-state index in [-0.39, 0.29) is 12.3 Å². The highest BCUT2D eigenvalue weighted by Gasteiger charge is 2.25. The van der Waals surface area contributed by atoms with Gasteiger partial charge in [0.15, 0.2) is 0 Å². The molecule has 1 aliphatic carbocycles. The first-order valence-corrected chi connectivity index (χ1v) is 6.67. The maximum atomic E-state index is 11.1. The molecule has 0 bridgehead atoms. The lowest BCUT2D eigenvalue weighted by molar-refractivity contribution is -0.147. The summed E-state index contributed by atoms with van der Waals surface area (Å²) in [5.74, 6) is -3.50. The second-order valence-electron chi connectivity index (χ2n) is 4.44. The summed E-state index contributed by atoms with van der Waals surface area (Å²) in [6.45, 7) is 0. The van der Waals surface area contributed by atoms with Crippen LogP contribution >= 0.6 is 11.3 Å². The second kappa shape index (κ2) is 5.40. The third-order valence-electron chi connectivity index (χ3n) is 3.09. The minimum atomic E-state index is -1.53. The van der Waals surface area contributed by atoms with E-state index in [9.17, 15) is 14.4 Å². The number of thiophene rings is 1. The third kappa shape index (κ3) is 3.11. The van der Waals surface area contributed by atoms with E-state index in [1.807, 2.05) is 0 Å². The lowest BCUT2D eigenvalue weighted by Gasteiger charge is -2.20. The van der Waals surface area contributed by atoms with E-state index in [0.717, 1.165) is 29.7 Å². The van der Waals surface area contributed by atoms with Gasteiger partial charge in [-0.2, -0.15) is 0 Å². The highest BCUT2D eigenvalue weighted by Crippen LogP contribution is 2.40. The average molecular weight is 283 g/mol. The molecule has 1 heterocycles. The normalized spacial score (nSPS) is 17.6. The number of anilines is 1. The summed E-state index contributed by atoms with van der Waals surface area (Å²) in [4.78, 5) is 33.4. The van der Waals surface area contributed by atoms with Gasteiger partial charge in [-0.25, -0.2) is 4.79 Å². The molecule has 1 unspecified atom stereocenters. The van der Waals surface area contributed by atoms with Crippen molar-refractivity contribution in [3.8, 4) is 0 Å². The molecule has 1 atom stereocenters. The number of carboxylic acids is 2. The van der Waals surface area contributed by atoms with Crippen molar-refractivity contribution in [2.75, 3.05) is 5.32 Å². The van der Waals surface area contributed by atoms with Gasteiger partial charge in [0.1, 0.15) is 0 Å². The molecular weight excluding hydrogens is 270 g/mol. The quantitative estimate of drug-likeness (QED) is 0.732. The number of aliphatic carboxylic acids is 2. The topological polar surface area (TPSA) is 104 Å². The summed E-state index contributed by atoms with van der Waals surface area (Å²) in [5.41, 5.74) is 0.930. The lowest BCUT2D eigenvalue weighted by atomic mass is 9.85. The third-order valence-corrected chi connectivity index (χ3v) is 4.22. The molecule has 0 saturated heterocycles. The summed E-state index contributed by atoms with van der Waals surface area (Å²) in [6.07, 6.45) is 2.63. The van der Waals surface area contributed by atoms with Crippen LogP contribution in [0.3, 0.4) is 0 Å². The Morgan fingerprint density at radius 2 is 2.11 bits per heavy atom. The first kappa shape index (κ1) is 13.5. The van der Waals surface area contributed by atoms with Crippen molar-refractivity contribution in [1.82, 2.24) is 0 Å². The number of amides is 1. The van der Waals surface area contributed by atoms with Gasteiger partial charge in [0.05, 0.1) is 11.4 Å². The van der Waals surface area contributed by atoms with Gasteiger partial charge < -0.3 is 15.5 Å². The number of nitrogens with one attached hydrogen (secondary N) is 1. The molecule has 0 fully saturated rings. The van der Waals surface area contributed by atoms with E-state index in [0.29, 0.717) is 5.00 Å². The number of carbonyl (C=O) groups is 3. The van der Waals surface area contributed by atoms with Gasteiger partial charge in [-0.15, -0.1) is 11.3 Å². The van der Waals surface area contributed by atoms with Crippen molar-refractivity contribution in [3.63, 3.8) is 0 Å². The zero-order valence-electron chi connectivity index (χ0n) is 10.0. The number of carbonyl (C=O) groups excluding carboxylic acids is 1. The Morgan fingerprint density at radius 1 is 1.37 bits per heavy atom. The highest BCUT2D eigenvalue weighted by atomic mass is 32.1. The molecule has 0 spiro atoms. The van der Waals surface area contributed by atoms with E-state index in [1.165, 1.54) is 11.3 Å². The van der Waals surface area contributed by atoms with Crippen LogP contribution in [0.2, 0.25) is 0 Å². The summed E-state index contributed by atoms with van der Waals surface area (Å²) in [7, 11) is 0. The van der Waals surface area contributed by atoms with Crippen LogP contribution in [0.25, 0.3) is 0 Å². The first-order valence-electron chi connectivity index (χ1n) is 5.86. The zero-order valence-corrected chi connectivity index (χ0v) is 10.8. The Kier molecular flexibility index (Phi) is 3.84. The SMILES string of the molecule is O=C(O)CC1CCCc2sc(NC(=O)C(=O)O)cc21. The minimum Gasteiger partial charge on any atom is -0.481 e. The number of carboxylic acid groups (broad SMARTS) is 2. The van der Waals surface area contributed by atoms with Crippen molar-refractivity contribution in [2.45, 2.75) is 31.6 Å². The first-order chi connectivity index (χ1) is 8.97. The van der Waals surface area contributed by atoms with E-state index >= 15 is 0 Å². The van der Waals surface area contributed by atoms with Crippen molar-refractivity contribution in [1.29, 1.82) is 0 Å². The van der Waals surface area contributed by atoms with Crippen LogP contribution in [0.5, 0.6) is 0 Å². The molecule has 6 nitrogen and oxygen atoms in total. The van der Waals surface area contributed by atoms with E-state index in [4.69, 9.17) is 10.2 Å². The van der Waals surface area contributed by atoms with Crippen molar-refractivity contribution >= 4 is 34.2 Å². The molecule has 0 saturated carbocycles. The Hall–Kier alpha value is -1.89. The monoisotopic (exact) mass is 283 g/mol. The molecule has 2 rings (SSSR count). The summed E-state index contributed by atoms with van der Waals surface area (Å²) in [6, 6.07) is 1.70. The van der Waals surface area contributed by atoms with Gasteiger partial charge >= 0.3 is 17.8 Å². The Bertz CT molecular complexity index is 536. The molecule has 1 aliphatic rings. The molecule has 1 aromatic rings. The molecule has 7 heteroatoms. The lowest BCUT2D eigenvalue weighted by Crippen LogP contribution is -2.21. The fraction of sp³-hybridized carbons (Fsp3) is 0.417. The summed E-state index contributed by atoms with van der Waals surface area (Å²) >= 11 is 1.32. The van der Waals surface area contributed by atoms with Crippen LogP contribution in [0.15, 0.2) is 6.07 Å². The summed E-state index contributed by atoms with van der Waals surface area (Å²) < 4.78 is 0. The van der Waals surface area contributed by atoms with Crippen molar-refractivity contribution < 1.29 is 24.6 Å². The van der Waals surface area contributed by atoms with Gasteiger partial charge in [-0.1, -0.05) is 0 Å². The van der Waals surface area contributed by atoms with Crippen LogP contribution in [0, 0.1) is 0 Å². The zero-order chi connectivity index (χ0) is 14.0. The fourth-order valence-corrected chi connectivity index (χ4v) is 3.48. The number of rotatable bonds is 3. The molecule has 0 radical (unpaired) electrons. The van der Waals surface area contributed by atoms with Crippen LogP contribution in [-0.2, 0) is 20.8 Å². The van der Waals surface area contributed by atoms with Crippen molar-refractivity contribution in [2.24, 2.45) is 0 Å². The van der Waals surface area contributed by atoms with E-state index < -0.39 is 17.8 Å². The van der Waals surface area contributed by atoms with Gasteiger partial charge in [0.25, 0.3) is 0 Å². The van der Waals surface area contributed by atoms with Gasteiger partial charge in [-0.05, 0) is 36.8 Å². The van der Waals surface area contributed by atoms with Gasteiger partial charge in [-0.3, -0.25) is 9.59 Å². The smallest absolute Gasteiger partial charge is 0.394 e. The maximum Gasteiger partial charge on any atom is 0.394 e. The minimum absolute atomic E-state index is 0.0482. The number of aryl methyl sites for hydroxylation is 1. The fourth-order valence-electron chi connectivity index (χ4n) is 2.30. The molecule has 19 heavy (non-hydrogen) atoms. The Balaban J connectivity index is 2.18. The van der Waals surface area contributed by atoms with E-state index in [2.05, 4.69) is 5.32 Å². The largest absolute Gasteiger partial charge is 0.481 e. The Labute approximate surface area is 113 Å². The standard InChI is InChI=1S/C12H13NO5S/c14-10(15)4-6-2-1-3-8-7(6)5-9(19-8)13-11(16)12(17)18/h5-6H,1-4H2,(H,13,16)(H,14,15)(H,17,18). The highest BCUT2D eigenvalue weighted by molar-refractivity contribution is 7.16. The Morgan fingerprint density at radius 3 is 2.74 bits per heavy atom. The maximum absolute atomic E-state index is 11.1. The van der Waals surface area contributed by atoms with Crippen LogP contribution in [0.4, 0.5) is 5.00 Å².